The molecule has 0 aromatic heterocycles. The summed E-state index contributed by atoms with van der Waals surface area (Å²) in [7, 11) is 1.65. The third-order valence-corrected chi connectivity index (χ3v) is 6.08. The average Bonchev–Trinajstić information content (AvgIpc) is 3.18. The van der Waals surface area contributed by atoms with Crippen LogP contribution < -0.4 is 14.5 Å². The lowest BCUT2D eigenvalue weighted by atomic mass is 9.95. The van der Waals surface area contributed by atoms with E-state index in [9.17, 15) is 9.18 Å². The van der Waals surface area contributed by atoms with Gasteiger partial charge in [-0.15, -0.1) is 0 Å². The number of amides is 1. The molecule has 174 valence electrons. The molecule has 2 aliphatic rings. The molecule has 0 spiro atoms. The van der Waals surface area contributed by atoms with Crippen LogP contribution in [0.4, 0.5) is 20.6 Å². The number of cyclic esters (lactones) is 1. The number of hydrogen-bond acceptors (Lipinski definition) is 5. The van der Waals surface area contributed by atoms with Crippen molar-refractivity contribution in [1.29, 1.82) is 0 Å². The van der Waals surface area contributed by atoms with Gasteiger partial charge in [0.2, 0.25) is 0 Å². The molecule has 2 saturated heterocycles. The van der Waals surface area contributed by atoms with E-state index < -0.39 is 6.09 Å². The molecular formula is C25H33FN2O4. The van der Waals surface area contributed by atoms with E-state index in [-0.39, 0.29) is 19.3 Å². The van der Waals surface area contributed by atoms with Crippen molar-refractivity contribution in [2.75, 3.05) is 49.8 Å². The largest absolute Gasteiger partial charge is 0.497 e. The SMILES string of the molecule is C.COc1ccc([C@H](C)CC[C@H]2CN(c3ccc(N4CCOCC4)c(F)c3)C(=O)O2)cc1. The number of nitrogens with zero attached hydrogens (tertiary/aromatic N) is 2. The standard InChI is InChI=1S/C24H29FN2O4.CH4/c1-17(18-4-8-20(29-2)9-5-18)3-7-21-16-27(24(28)31-21)19-6-10-23(22(25)15-19)26-11-13-30-14-12-26;/h4-6,8-10,15,17,21H,3,7,11-14,16H2,1-2H3;1H4/t17-,21+;/m1./s1. The number of rotatable bonds is 7. The highest BCUT2D eigenvalue weighted by Crippen LogP contribution is 2.30. The van der Waals surface area contributed by atoms with E-state index in [1.54, 1.807) is 19.2 Å². The zero-order valence-electron chi connectivity index (χ0n) is 18.1. The van der Waals surface area contributed by atoms with E-state index in [0.29, 0.717) is 50.1 Å². The Morgan fingerprint density at radius 1 is 1.16 bits per heavy atom. The summed E-state index contributed by atoms with van der Waals surface area (Å²) in [4.78, 5) is 15.9. The van der Waals surface area contributed by atoms with Crippen molar-refractivity contribution in [3.63, 3.8) is 0 Å². The van der Waals surface area contributed by atoms with Crippen LogP contribution in [0.15, 0.2) is 42.5 Å². The van der Waals surface area contributed by atoms with Gasteiger partial charge in [0.15, 0.2) is 0 Å². The highest BCUT2D eigenvalue weighted by atomic mass is 19.1. The second kappa shape index (κ2) is 10.7. The molecule has 32 heavy (non-hydrogen) atoms. The lowest BCUT2D eigenvalue weighted by molar-refractivity contribution is 0.122. The molecule has 7 heteroatoms. The third kappa shape index (κ3) is 5.33. The minimum absolute atomic E-state index is 0. The first-order valence-corrected chi connectivity index (χ1v) is 10.8. The van der Waals surface area contributed by atoms with Crippen LogP contribution in [0.2, 0.25) is 0 Å². The number of benzene rings is 2. The summed E-state index contributed by atoms with van der Waals surface area (Å²) < 4.78 is 30.8. The Kier molecular flexibility index (Phi) is 7.96. The molecule has 1 amide bonds. The fourth-order valence-electron chi connectivity index (χ4n) is 4.14. The first kappa shape index (κ1) is 23.9. The molecule has 0 radical (unpaired) electrons. The number of anilines is 2. The molecule has 2 heterocycles. The number of ether oxygens (including phenoxy) is 3. The van der Waals surface area contributed by atoms with Gasteiger partial charge in [-0.25, -0.2) is 9.18 Å². The quantitative estimate of drug-likeness (QED) is 0.586. The second-order valence-electron chi connectivity index (χ2n) is 8.10. The lowest BCUT2D eigenvalue weighted by Crippen LogP contribution is -2.36. The third-order valence-electron chi connectivity index (χ3n) is 6.08. The van der Waals surface area contributed by atoms with Gasteiger partial charge in [-0.05, 0) is 54.7 Å². The van der Waals surface area contributed by atoms with Gasteiger partial charge in [-0.2, -0.15) is 0 Å². The van der Waals surface area contributed by atoms with Crippen molar-refractivity contribution in [2.45, 2.75) is 39.2 Å². The number of methoxy groups -OCH3 is 1. The molecule has 2 aromatic carbocycles. The van der Waals surface area contributed by atoms with Gasteiger partial charge < -0.3 is 19.1 Å². The van der Waals surface area contributed by atoms with Gasteiger partial charge in [0.05, 0.1) is 38.2 Å². The van der Waals surface area contributed by atoms with Crippen LogP contribution in [0.5, 0.6) is 5.75 Å². The van der Waals surface area contributed by atoms with Crippen molar-refractivity contribution >= 4 is 17.5 Å². The lowest BCUT2D eigenvalue weighted by Gasteiger charge is -2.29. The minimum atomic E-state index is -0.416. The molecule has 4 rings (SSSR count). The maximum atomic E-state index is 14.7. The van der Waals surface area contributed by atoms with E-state index in [4.69, 9.17) is 14.2 Å². The van der Waals surface area contributed by atoms with Gasteiger partial charge >= 0.3 is 6.09 Å². The smallest absolute Gasteiger partial charge is 0.414 e. The van der Waals surface area contributed by atoms with Gasteiger partial charge in [0.25, 0.3) is 0 Å². The van der Waals surface area contributed by atoms with E-state index in [1.807, 2.05) is 17.0 Å². The van der Waals surface area contributed by atoms with Crippen molar-refractivity contribution in [3.05, 3.63) is 53.8 Å². The minimum Gasteiger partial charge on any atom is -0.497 e. The highest BCUT2D eigenvalue weighted by Gasteiger charge is 2.33. The number of carbonyl (C=O) groups is 1. The summed E-state index contributed by atoms with van der Waals surface area (Å²) in [5, 5.41) is 0. The average molecular weight is 445 g/mol. The molecule has 2 atom stereocenters. The van der Waals surface area contributed by atoms with Crippen LogP contribution in [0, 0.1) is 5.82 Å². The Hall–Kier alpha value is -2.80. The van der Waals surface area contributed by atoms with E-state index in [1.165, 1.54) is 16.5 Å². The molecule has 0 bridgehead atoms. The van der Waals surface area contributed by atoms with Crippen molar-refractivity contribution in [3.8, 4) is 5.75 Å². The van der Waals surface area contributed by atoms with Crippen molar-refractivity contribution < 1.29 is 23.4 Å². The fourth-order valence-corrected chi connectivity index (χ4v) is 4.14. The second-order valence-corrected chi connectivity index (χ2v) is 8.10. The topological polar surface area (TPSA) is 51.2 Å². The summed E-state index contributed by atoms with van der Waals surface area (Å²) in [6.07, 6.45) is 1.03. The van der Waals surface area contributed by atoms with E-state index >= 15 is 0 Å². The van der Waals surface area contributed by atoms with Crippen LogP contribution in [-0.4, -0.2) is 52.2 Å². The molecule has 0 saturated carbocycles. The Morgan fingerprint density at radius 2 is 1.88 bits per heavy atom. The summed E-state index contributed by atoms with van der Waals surface area (Å²) in [6, 6.07) is 13.0. The molecule has 2 aromatic rings. The number of carbonyl (C=O) groups excluding carboxylic acids is 1. The summed E-state index contributed by atoms with van der Waals surface area (Å²) in [5.74, 6) is 0.843. The number of halogens is 1. The summed E-state index contributed by atoms with van der Waals surface area (Å²) in [6.45, 7) is 5.11. The first-order valence-electron chi connectivity index (χ1n) is 10.8. The Morgan fingerprint density at radius 3 is 2.53 bits per heavy atom. The maximum Gasteiger partial charge on any atom is 0.414 e. The van der Waals surface area contributed by atoms with E-state index in [0.717, 1.165) is 18.6 Å². The van der Waals surface area contributed by atoms with Gasteiger partial charge in [0, 0.05) is 13.1 Å². The van der Waals surface area contributed by atoms with Gasteiger partial charge in [-0.3, -0.25) is 4.90 Å². The van der Waals surface area contributed by atoms with Crippen molar-refractivity contribution in [2.24, 2.45) is 0 Å². The van der Waals surface area contributed by atoms with Gasteiger partial charge in [0.1, 0.15) is 17.7 Å². The Labute approximate surface area is 189 Å². The van der Waals surface area contributed by atoms with Crippen LogP contribution in [-0.2, 0) is 9.47 Å². The summed E-state index contributed by atoms with van der Waals surface area (Å²) in [5.41, 5.74) is 2.30. The Bertz CT molecular complexity index is 899. The molecule has 0 unspecified atom stereocenters. The molecule has 2 aliphatic heterocycles. The number of morpholine rings is 1. The predicted molar refractivity (Wildman–Crippen MR) is 124 cm³/mol. The Balaban J connectivity index is 0.00000289. The molecule has 6 nitrogen and oxygen atoms in total. The molecule has 0 N–H and O–H groups in total. The zero-order chi connectivity index (χ0) is 21.8. The fraction of sp³-hybridized carbons (Fsp3) is 0.480. The van der Waals surface area contributed by atoms with Crippen LogP contribution in [0.1, 0.15) is 38.7 Å². The first-order chi connectivity index (χ1) is 15.0. The monoisotopic (exact) mass is 444 g/mol. The van der Waals surface area contributed by atoms with Crippen LogP contribution >= 0.6 is 0 Å². The summed E-state index contributed by atoms with van der Waals surface area (Å²) >= 11 is 0. The normalized spacial score (nSPS) is 19.3. The van der Waals surface area contributed by atoms with E-state index in [2.05, 4.69) is 19.1 Å². The van der Waals surface area contributed by atoms with Gasteiger partial charge in [-0.1, -0.05) is 26.5 Å². The molecule has 0 aliphatic carbocycles. The van der Waals surface area contributed by atoms with Crippen LogP contribution in [0.3, 0.4) is 0 Å². The predicted octanol–water partition coefficient (Wildman–Crippen LogP) is 5.22. The van der Waals surface area contributed by atoms with Crippen molar-refractivity contribution in [1.82, 2.24) is 0 Å². The maximum absolute atomic E-state index is 14.7. The highest BCUT2D eigenvalue weighted by molar-refractivity contribution is 5.90. The number of hydrogen-bond donors (Lipinski definition) is 0. The van der Waals surface area contributed by atoms with Crippen LogP contribution in [0.25, 0.3) is 0 Å². The molecular weight excluding hydrogens is 411 g/mol. The zero-order valence-corrected chi connectivity index (χ0v) is 18.1. The molecule has 2 fully saturated rings.